The molecule has 16 heavy (non-hydrogen) atoms. The summed E-state index contributed by atoms with van der Waals surface area (Å²) in [5.74, 6) is -0.159. The highest BCUT2D eigenvalue weighted by molar-refractivity contribution is 7.98. The average molecular weight is 239 g/mol. The van der Waals surface area contributed by atoms with Crippen LogP contribution in [0.5, 0.6) is 0 Å². The Bertz CT molecular complexity index is 399. The third-order valence-electron chi connectivity index (χ3n) is 1.74. The highest BCUT2D eigenvalue weighted by Crippen LogP contribution is 2.11. The van der Waals surface area contributed by atoms with E-state index in [0.717, 1.165) is 5.69 Å². The second-order valence-electron chi connectivity index (χ2n) is 4.59. The van der Waals surface area contributed by atoms with Crippen LogP contribution in [-0.4, -0.2) is 27.7 Å². The molecule has 5 heteroatoms. The number of aryl methyl sites for hydroxylation is 1. The fraction of sp³-hybridized carbons (Fsp3) is 0.545. The van der Waals surface area contributed by atoms with E-state index in [1.54, 1.807) is 6.07 Å². The van der Waals surface area contributed by atoms with E-state index in [4.69, 9.17) is 0 Å². The summed E-state index contributed by atoms with van der Waals surface area (Å²) in [6.07, 6.45) is 1.89. The summed E-state index contributed by atoms with van der Waals surface area (Å²) in [6, 6.07) is 1.70. The molecule has 0 atom stereocenters. The molecule has 1 aromatic heterocycles. The Hall–Kier alpha value is -1.10. The van der Waals surface area contributed by atoms with Gasteiger partial charge in [0.1, 0.15) is 5.69 Å². The predicted molar refractivity (Wildman–Crippen MR) is 65.8 cm³/mol. The predicted octanol–water partition coefficient (Wildman–Crippen LogP) is 2.04. The van der Waals surface area contributed by atoms with Gasteiger partial charge >= 0.3 is 0 Å². The zero-order valence-electron chi connectivity index (χ0n) is 10.3. The first-order valence-corrected chi connectivity index (χ1v) is 6.26. The highest BCUT2D eigenvalue weighted by Gasteiger charge is 2.17. The fourth-order valence-electron chi connectivity index (χ4n) is 1.15. The van der Waals surface area contributed by atoms with Crippen molar-refractivity contribution >= 4 is 17.7 Å². The van der Waals surface area contributed by atoms with Crippen molar-refractivity contribution in [2.75, 3.05) is 6.26 Å². The maximum atomic E-state index is 11.9. The van der Waals surface area contributed by atoms with E-state index in [9.17, 15) is 4.79 Å². The zero-order valence-corrected chi connectivity index (χ0v) is 11.1. The Labute approximate surface area is 100 Å². The molecule has 0 aliphatic heterocycles. The van der Waals surface area contributed by atoms with Gasteiger partial charge in [0, 0.05) is 11.2 Å². The van der Waals surface area contributed by atoms with Gasteiger partial charge in [-0.1, -0.05) is 11.8 Å². The van der Waals surface area contributed by atoms with Crippen LogP contribution in [0.3, 0.4) is 0 Å². The van der Waals surface area contributed by atoms with Gasteiger partial charge in [-0.3, -0.25) is 4.79 Å². The van der Waals surface area contributed by atoms with Crippen LogP contribution in [0.4, 0.5) is 0 Å². The lowest BCUT2D eigenvalue weighted by atomic mass is 10.1. The lowest BCUT2D eigenvalue weighted by Gasteiger charge is -2.20. The number of thioether (sulfide) groups is 1. The molecule has 0 unspecified atom stereocenters. The minimum Gasteiger partial charge on any atom is -0.346 e. The van der Waals surface area contributed by atoms with Gasteiger partial charge in [0.25, 0.3) is 5.91 Å². The van der Waals surface area contributed by atoms with Crippen LogP contribution in [0.25, 0.3) is 0 Å². The van der Waals surface area contributed by atoms with Crippen LogP contribution in [0.15, 0.2) is 11.2 Å². The third kappa shape index (κ3) is 3.81. The maximum absolute atomic E-state index is 11.9. The quantitative estimate of drug-likeness (QED) is 0.634. The number of carbonyl (C=O) groups excluding carboxylic acids is 1. The van der Waals surface area contributed by atoms with E-state index >= 15 is 0 Å². The van der Waals surface area contributed by atoms with Gasteiger partial charge in [0.05, 0.1) is 0 Å². The SMILES string of the molecule is CSc1nc(C)cc(C(=O)NC(C)(C)C)n1. The van der Waals surface area contributed by atoms with E-state index < -0.39 is 0 Å². The molecule has 4 nitrogen and oxygen atoms in total. The molecule has 1 rings (SSSR count). The molecular weight excluding hydrogens is 222 g/mol. The van der Waals surface area contributed by atoms with Gasteiger partial charge in [-0.25, -0.2) is 9.97 Å². The summed E-state index contributed by atoms with van der Waals surface area (Å²) in [4.78, 5) is 20.2. The van der Waals surface area contributed by atoms with Gasteiger partial charge in [0.15, 0.2) is 5.16 Å². The number of rotatable bonds is 2. The van der Waals surface area contributed by atoms with Gasteiger partial charge in [-0.2, -0.15) is 0 Å². The first-order valence-electron chi connectivity index (χ1n) is 5.04. The Morgan fingerprint density at radius 3 is 2.50 bits per heavy atom. The zero-order chi connectivity index (χ0) is 12.3. The lowest BCUT2D eigenvalue weighted by molar-refractivity contribution is 0.0913. The smallest absolute Gasteiger partial charge is 0.270 e. The van der Waals surface area contributed by atoms with E-state index in [1.807, 2.05) is 34.0 Å². The van der Waals surface area contributed by atoms with Crippen LogP contribution >= 0.6 is 11.8 Å². The molecule has 1 heterocycles. The molecule has 0 aliphatic rings. The van der Waals surface area contributed by atoms with Crippen LogP contribution in [-0.2, 0) is 0 Å². The molecule has 1 amide bonds. The maximum Gasteiger partial charge on any atom is 0.270 e. The molecule has 0 bridgehead atoms. The lowest BCUT2D eigenvalue weighted by Crippen LogP contribution is -2.41. The number of nitrogens with zero attached hydrogens (tertiary/aromatic N) is 2. The standard InChI is InChI=1S/C11H17N3OS/c1-7-6-8(13-10(12-7)16-5)9(15)14-11(2,3)4/h6H,1-5H3,(H,14,15). The second-order valence-corrected chi connectivity index (χ2v) is 5.36. The van der Waals surface area contributed by atoms with E-state index in [2.05, 4.69) is 15.3 Å². The Morgan fingerprint density at radius 2 is 2.00 bits per heavy atom. The van der Waals surface area contributed by atoms with Crippen LogP contribution in [0.2, 0.25) is 0 Å². The van der Waals surface area contributed by atoms with Crippen molar-refractivity contribution in [3.63, 3.8) is 0 Å². The number of hydrogen-bond donors (Lipinski definition) is 1. The van der Waals surface area contributed by atoms with Gasteiger partial charge in [0.2, 0.25) is 0 Å². The molecule has 88 valence electrons. The molecule has 0 radical (unpaired) electrons. The van der Waals surface area contributed by atoms with Gasteiger partial charge in [-0.15, -0.1) is 0 Å². The third-order valence-corrected chi connectivity index (χ3v) is 2.29. The van der Waals surface area contributed by atoms with Crippen LogP contribution in [0.1, 0.15) is 37.0 Å². The van der Waals surface area contributed by atoms with Crippen LogP contribution in [0, 0.1) is 6.92 Å². The summed E-state index contributed by atoms with van der Waals surface area (Å²) in [5, 5.41) is 3.50. The van der Waals surface area contributed by atoms with E-state index in [1.165, 1.54) is 11.8 Å². The van der Waals surface area contributed by atoms with E-state index in [-0.39, 0.29) is 11.4 Å². The minimum absolute atomic E-state index is 0.159. The average Bonchev–Trinajstić information content (AvgIpc) is 2.14. The highest BCUT2D eigenvalue weighted by atomic mass is 32.2. The first-order chi connectivity index (χ1) is 7.31. The molecule has 0 saturated carbocycles. The molecule has 0 aliphatic carbocycles. The van der Waals surface area contributed by atoms with Crippen molar-refractivity contribution < 1.29 is 4.79 Å². The largest absolute Gasteiger partial charge is 0.346 e. The number of hydrogen-bond acceptors (Lipinski definition) is 4. The Morgan fingerprint density at radius 1 is 1.38 bits per heavy atom. The second kappa shape index (κ2) is 4.82. The normalized spacial score (nSPS) is 11.3. The number of nitrogens with one attached hydrogen (secondary N) is 1. The summed E-state index contributed by atoms with van der Waals surface area (Å²) in [6.45, 7) is 7.67. The summed E-state index contributed by atoms with van der Waals surface area (Å²) >= 11 is 1.43. The molecule has 0 spiro atoms. The Balaban J connectivity index is 2.95. The van der Waals surface area contributed by atoms with Crippen molar-refractivity contribution in [1.82, 2.24) is 15.3 Å². The molecule has 1 aromatic rings. The minimum atomic E-state index is -0.255. The van der Waals surface area contributed by atoms with Crippen molar-refractivity contribution in [2.45, 2.75) is 38.4 Å². The Kier molecular flexibility index (Phi) is 3.91. The molecular formula is C11H17N3OS. The molecule has 1 N–H and O–H groups in total. The van der Waals surface area contributed by atoms with Crippen molar-refractivity contribution in [1.29, 1.82) is 0 Å². The topological polar surface area (TPSA) is 54.9 Å². The van der Waals surface area contributed by atoms with Gasteiger partial charge in [-0.05, 0) is 40.0 Å². The van der Waals surface area contributed by atoms with E-state index in [0.29, 0.717) is 10.9 Å². The summed E-state index contributed by atoms with van der Waals surface area (Å²) < 4.78 is 0. The summed E-state index contributed by atoms with van der Waals surface area (Å²) in [7, 11) is 0. The van der Waals surface area contributed by atoms with Crippen molar-refractivity contribution in [3.05, 3.63) is 17.5 Å². The molecule has 0 aromatic carbocycles. The monoisotopic (exact) mass is 239 g/mol. The van der Waals surface area contributed by atoms with Crippen molar-refractivity contribution in [3.8, 4) is 0 Å². The number of carbonyl (C=O) groups is 1. The number of amides is 1. The summed E-state index contributed by atoms with van der Waals surface area (Å²) in [5.41, 5.74) is 0.973. The van der Waals surface area contributed by atoms with Crippen molar-refractivity contribution in [2.24, 2.45) is 0 Å². The molecule has 0 fully saturated rings. The number of aromatic nitrogens is 2. The first kappa shape index (κ1) is 13.0. The van der Waals surface area contributed by atoms with Gasteiger partial charge < -0.3 is 5.32 Å². The fourth-order valence-corrected chi connectivity index (χ4v) is 1.58. The van der Waals surface area contributed by atoms with Crippen LogP contribution < -0.4 is 5.32 Å². The molecule has 0 saturated heterocycles.